The van der Waals surface area contributed by atoms with Crippen LogP contribution in [0.2, 0.25) is 10.0 Å². The maximum Gasteiger partial charge on any atom is 0.307 e. The minimum Gasteiger partial charge on any atom is -0.497 e. The Labute approximate surface area is 214 Å². The van der Waals surface area contributed by atoms with Crippen LogP contribution in [0.1, 0.15) is 23.6 Å². The number of para-hydroxylation sites is 1. The Morgan fingerprint density at radius 1 is 0.971 bits per heavy atom. The fraction of sp³-hybridized carbons (Fsp3) is 0.240. The first-order valence-corrected chi connectivity index (χ1v) is 12.9. The number of hydrogen-bond acceptors (Lipinski definition) is 6. The molecule has 0 fully saturated rings. The number of benzene rings is 3. The van der Waals surface area contributed by atoms with Crippen molar-refractivity contribution in [2.24, 2.45) is 0 Å². The number of nitrogens with zero attached hydrogens (tertiary/aromatic N) is 1. The van der Waals surface area contributed by atoms with Crippen LogP contribution in [0, 0.1) is 0 Å². The van der Waals surface area contributed by atoms with Gasteiger partial charge in [-0.2, -0.15) is 0 Å². The topological polar surface area (TPSA) is 82.1 Å². The van der Waals surface area contributed by atoms with E-state index in [1.165, 1.54) is 31.7 Å². The van der Waals surface area contributed by atoms with E-state index in [-0.39, 0.29) is 17.2 Å². The zero-order valence-corrected chi connectivity index (χ0v) is 21.6. The van der Waals surface area contributed by atoms with Gasteiger partial charge in [-0.3, -0.25) is 9.10 Å². The molecule has 0 N–H and O–H groups in total. The number of ether oxygens (including phenoxy) is 3. The molecular formula is C25H23Cl2NO6S. The molecule has 3 aromatic rings. The molecule has 0 radical (unpaired) electrons. The van der Waals surface area contributed by atoms with Crippen LogP contribution in [0.3, 0.4) is 0 Å². The number of esters is 1. The highest BCUT2D eigenvalue weighted by Crippen LogP contribution is 2.52. The smallest absolute Gasteiger partial charge is 0.307 e. The maximum atomic E-state index is 13.9. The van der Waals surface area contributed by atoms with Crippen molar-refractivity contribution in [3.63, 3.8) is 0 Å². The third-order valence-electron chi connectivity index (χ3n) is 5.84. The monoisotopic (exact) mass is 535 g/mol. The largest absolute Gasteiger partial charge is 0.497 e. The predicted molar refractivity (Wildman–Crippen MR) is 136 cm³/mol. The van der Waals surface area contributed by atoms with Crippen LogP contribution in [0.5, 0.6) is 11.5 Å². The second-order valence-electron chi connectivity index (χ2n) is 7.91. The van der Waals surface area contributed by atoms with E-state index in [1.54, 1.807) is 36.4 Å². The number of carbonyl (C=O) groups is 1. The van der Waals surface area contributed by atoms with Crippen LogP contribution in [-0.4, -0.2) is 35.7 Å². The first kappa shape index (κ1) is 25.2. The summed E-state index contributed by atoms with van der Waals surface area (Å²) in [4.78, 5) is 12.5. The van der Waals surface area contributed by atoms with E-state index in [2.05, 4.69) is 0 Å². The zero-order valence-electron chi connectivity index (χ0n) is 19.2. The van der Waals surface area contributed by atoms with Gasteiger partial charge in [0.25, 0.3) is 0 Å². The molecule has 10 heteroatoms. The third kappa shape index (κ3) is 4.78. The Morgan fingerprint density at radius 3 is 2.37 bits per heavy atom. The van der Waals surface area contributed by atoms with E-state index in [1.807, 2.05) is 12.1 Å². The summed E-state index contributed by atoms with van der Waals surface area (Å²) in [5.41, 5.74) is 2.81. The Morgan fingerprint density at radius 2 is 1.71 bits per heavy atom. The molecule has 4 rings (SSSR count). The molecule has 184 valence electrons. The fourth-order valence-corrected chi connectivity index (χ4v) is 6.39. The number of rotatable bonds is 7. The highest BCUT2D eigenvalue weighted by Gasteiger charge is 2.41. The van der Waals surface area contributed by atoms with Gasteiger partial charge in [0.15, 0.2) is 0 Å². The van der Waals surface area contributed by atoms with Gasteiger partial charge in [0, 0.05) is 17.2 Å². The second-order valence-corrected chi connectivity index (χ2v) is 10.6. The zero-order chi connectivity index (χ0) is 25.3. The van der Waals surface area contributed by atoms with Gasteiger partial charge in [-0.1, -0.05) is 47.5 Å². The summed E-state index contributed by atoms with van der Waals surface area (Å²) in [7, 11) is 0.277. The SMILES string of the molecule is COC(=O)CC1c2cc(OC)cc(OC)c2-c2ccccc2N1S(=O)(=O)Cc1ccc(Cl)c(Cl)c1. The van der Waals surface area contributed by atoms with E-state index in [9.17, 15) is 13.2 Å². The molecule has 35 heavy (non-hydrogen) atoms. The summed E-state index contributed by atoms with van der Waals surface area (Å²) >= 11 is 12.1. The van der Waals surface area contributed by atoms with E-state index >= 15 is 0 Å². The highest BCUT2D eigenvalue weighted by molar-refractivity contribution is 7.92. The minimum atomic E-state index is -4.02. The van der Waals surface area contributed by atoms with Crippen molar-refractivity contribution in [1.29, 1.82) is 0 Å². The number of carbonyl (C=O) groups excluding carboxylic acids is 1. The Hall–Kier alpha value is -2.94. The standard InChI is InChI=1S/C25H23Cl2NO6S/c1-32-16-11-18-22(13-24(29)34-3)28(35(30,31)14-15-8-9-19(26)20(27)10-15)21-7-5-4-6-17(21)25(18)23(12-16)33-2/h4-12,22H,13-14H2,1-3H3. The molecule has 1 aliphatic rings. The molecular weight excluding hydrogens is 513 g/mol. The molecule has 1 atom stereocenters. The van der Waals surface area contributed by atoms with Crippen LogP contribution < -0.4 is 13.8 Å². The Kier molecular flexibility index (Phi) is 7.17. The molecule has 1 unspecified atom stereocenters. The number of hydrogen-bond donors (Lipinski definition) is 0. The van der Waals surface area contributed by atoms with Crippen molar-refractivity contribution < 1.29 is 27.4 Å². The molecule has 1 aliphatic heterocycles. The van der Waals surface area contributed by atoms with Gasteiger partial charge in [0.1, 0.15) is 11.5 Å². The quantitative estimate of drug-likeness (QED) is 0.364. The Balaban J connectivity index is 1.95. The normalized spacial score (nSPS) is 14.7. The van der Waals surface area contributed by atoms with Crippen molar-refractivity contribution >= 4 is 44.9 Å². The minimum absolute atomic E-state index is 0.214. The first-order chi connectivity index (χ1) is 16.7. The van der Waals surface area contributed by atoms with E-state index in [0.29, 0.717) is 44.5 Å². The molecule has 0 saturated heterocycles. The maximum absolute atomic E-state index is 13.9. The molecule has 0 aromatic heterocycles. The third-order valence-corrected chi connectivity index (χ3v) is 8.32. The fourth-order valence-electron chi connectivity index (χ4n) is 4.30. The van der Waals surface area contributed by atoms with Crippen LogP contribution in [-0.2, 0) is 25.3 Å². The van der Waals surface area contributed by atoms with Crippen molar-refractivity contribution in [2.75, 3.05) is 25.6 Å². The van der Waals surface area contributed by atoms with Gasteiger partial charge < -0.3 is 14.2 Å². The lowest BCUT2D eigenvalue weighted by Crippen LogP contribution is -2.39. The number of anilines is 1. The average Bonchev–Trinajstić information content (AvgIpc) is 2.85. The van der Waals surface area contributed by atoms with Crippen LogP contribution in [0.4, 0.5) is 5.69 Å². The van der Waals surface area contributed by atoms with E-state index < -0.39 is 22.0 Å². The van der Waals surface area contributed by atoms with Gasteiger partial charge in [0.2, 0.25) is 10.0 Å². The molecule has 1 heterocycles. The van der Waals surface area contributed by atoms with E-state index in [0.717, 1.165) is 0 Å². The summed E-state index contributed by atoms with van der Waals surface area (Å²) in [6.45, 7) is 0. The van der Waals surface area contributed by atoms with Crippen molar-refractivity contribution in [2.45, 2.75) is 18.2 Å². The summed E-state index contributed by atoms with van der Waals surface area (Å²) in [5, 5.41) is 0.581. The van der Waals surface area contributed by atoms with E-state index in [4.69, 9.17) is 37.4 Å². The summed E-state index contributed by atoms with van der Waals surface area (Å²) < 4.78 is 45.2. The van der Waals surface area contributed by atoms with Crippen LogP contribution >= 0.6 is 23.2 Å². The molecule has 0 bridgehead atoms. The second kappa shape index (κ2) is 9.97. The lowest BCUT2D eigenvalue weighted by Gasteiger charge is -2.39. The average molecular weight is 536 g/mol. The van der Waals surface area contributed by atoms with Gasteiger partial charge in [-0.25, -0.2) is 8.42 Å². The molecule has 3 aromatic carbocycles. The van der Waals surface area contributed by atoms with Crippen LogP contribution in [0.25, 0.3) is 11.1 Å². The van der Waals surface area contributed by atoms with Gasteiger partial charge in [-0.15, -0.1) is 0 Å². The van der Waals surface area contributed by atoms with Crippen molar-refractivity contribution in [3.05, 3.63) is 75.8 Å². The van der Waals surface area contributed by atoms with Gasteiger partial charge >= 0.3 is 5.97 Å². The van der Waals surface area contributed by atoms with Crippen molar-refractivity contribution in [1.82, 2.24) is 0 Å². The van der Waals surface area contributed by atoms with Gasteiger partial charge in [-0.05, 0) is 35.4 Å². The summed E-state index contributed by atoms with van der Waals surface area (Å²) in [6.07, 6.45) is -0.214. The van der Waals surface area contributed by atoms with Crippen LogP contribution in [0.15, 0.2) is 54.6 Å². The number of methoxy groups -OCH3 is 3. The summed E-state index contributed by atoms with van der Waals surface area (Å²) in [6, 6.07) is 14.3. The number of fused-ring (bicyclic) bond motifs is 3. The number of halogens is 2. The molecule has 0 aliphatic carbocycles. The van der Waals surface area contributed by atoms with Crippen molar-refractivity contribution in [3.8, 4) is 22.6 Å². The molecule has 7 nitrogen and oxygen atoms in total. The lowest BCUT2D eigenvalue weighted by molar-refractivity contribution is -0.141. The van der Waals surface area contributed by atoms with Gasteiger partial charge in [0.05, 0.1) is 55.3 Å². The first-order valence-electron chi connectivity index (χ1n) is 10.6. The highest BCUT2D eigenvalue weighted by atomic mass is 35.5. The molecule has 0 spiro atoms. The lowest BCUT2D eigenvalue weighted by atomic mass is 9.87. The number of sulfonamides is 1. The predicted octanol–water partition coefficient (Wildman–Crippen LogP) is 5.63. The molecule has 0 amide bonds. The molecule has 0 saturated carbocycles. The Bertz CT molecular complexity index is 1390. The summed E-state index contributed by atoms with van der Waals surface area (Å²) in [5.74, 6) is 0.0588.